The minimum absolute atomic E-state index is 0.130. The second-order valence-corrected chi connectivity index (χ2v) is 7.52. The minimum Gasteiger partial charge on any atom is -0.459 e. The van der Waals surface area contributed by atoms with Gasteiger partial charge in [0.2, 0.25) is 5.95 Å². The normalized spacial score (nSPS) is 14.6. The molecule has 0 radical (unpaired) electrons. The summed E-state index contributed by atoms with van der Waals surface area (Å²) in [7, 11) is 1.60. The second-order valence-electron chi connectivity index (χ2n) is 7.52. The van der Waals surface area contributed by atoms with E-state index in [0.717, 1.165) is 19.3 Å². The van der Waals surface area contributed by atoms with E-state index in [9.17, 15) is 14.4 Å². The number of nitrogens with zero attached hydrogens (tertiary/aromatic N) is 5. The van der Waals surface area contributed by atoms with E-state index in [0.29, 0.717) is 55.6 Å². The molecule has 1 aliphatic heterocycles. The first kappa shape index (κ1) is 20.0. The summed E-state index contributed by atoms with van der Waals surface area (Å²) in [6.07, 6.45) is 4.50. The largest absolute Gasteiger partial charge is 0.459 e. The Labute approximate surface area is 172 Å². The molecule has 0 spiro atoms. The third-order valence-electron chi connectivity index (χ3n) is 5.55. The number of anilines is 1. The number of fused-ring (bicyclic) bond motifs is 1. The smallest absolute Gasteiger partial charge is 0.329 e. The van der Waals surface area contributed by atoms with Crippen LogP contribution >= 0.6 is 0 Å². The van der Waals surface area contributed by atoms with E-state index in [-0.39, 0.29) is 5.91 Å². The van der Waals surface area contributed by atoms with Crippen molar-refractivity contribution in [3.8, 4) is 0 Å². The van der Waals surface area contributed by atoms with Gasteiger partial charge in [-0.05, 0) is 18.6 Å². The Morgan fingerprint density at radius 2 is 1.97 bits per heavy atom. The number of H-pyrrole nitrogens is 1. The maximum Gasteiger partial charge on any atom is 0.329 e. The number of hydrogen-bond acceptors (Lipinski definition) is 6. The highest BCUT2D eigenvalue weighted by Gasteiger charge is 2.27. The zero-order chi connectivity index (χ0) is 21.3. The van der Waals surface area contributed by atoms with E-state index in [4.69, 9.17) is 4.42 Å². The number of rotatable bonds is 6. The highest BCUT2D eigenvalue weighted by atomic mass is 16.3. The summed E-state index contributed by atoms with van der Waals surface area (Å²) in [5.41, 5.74) is -0.109. The van der Waals surface area contributed by atoms with Crippen molar-refractivity contribution in [2.75, 3.05) is 31.1 Å². The van der Waals surface area contributed by atoms with Gasteiger partial charge in [-0.25, -0.2) is 4.79 Å². The highest BCUT2D eigenvalue weighted by Crippen LogP contribution is 2.22. The summed E-state index contributed by atoms with van der Waals surface area (Å²) in [5.74, 6) is 0.865. The molecule has 1 aliphatic rings. The minimum atomic E-state index is -0.480. The Kier molecular flexibility index (Phi) is 5.47. The van der Waals surface area contributed by atoms with E-state index < -0.39 is 11.2 Å². The molecule has 3 aromatic rings. The van der Waals surface area contributed by atoms with E-state index in [1.165, 1.54) is 10.8 Å². The van der Waals surface area contributed by atoms with Crippen molar-refractivity contribution in [1.82, 2.24) is 24.0 Å². The van der Waals surface area contributed by atoms with Crippen LogP contribution in [-0.4, -0.2) is 56.1 Å². The number of imidazole rings is 1. The molecule has 0 atom stereocenters. The number of hydrogen-bond donors (Lipinski definition) is 1. The quantitative estimate of drug-likeness (QED) is 0.607. The molecule has 0 bridgehead atoms. The Bertz CT molecular complexity index is 1150. The molecule has 10 nitrogen and oxygen atoms in total. The molecule has 4 heterocycles. The lowest BCUT2D eigenvalue weighted by atomic mass is 10.2. The molecule has 1 N–H and O–H groups in total. The van der Waals surface area contributed by atoms with Crippen LogP contribution < -0.4 is 16.1 Å². The number of nitrogens with one attached hydrogen (secondary N) is 1. The van der Waals surface area contributed by atoms with Crippen molar-refractivity contribution < 1.29 is 9.21 Å². The molecule has 1 amide bonds. The molecule has 10 heteroatoms. The van der Waals surface area contributed by atoms with E-state index in [1.807, 2.05) is 4.57 Å². The summed E-state index contributed by atoms with van der Waals surface area (Å²) >= 11 is 0. The molecule has 1 saturated heterocycles. The maximum atomic E-state index is 12.6. The van der Waals surface area contributed by atoms with Crippen molar-refractivity contribution in [2.45, 2.75) is 32.7 Å². The number of carbonyl (C=O) groups is 1. The van der Waals surface area contributed by atoms with Gasteiger partial charge in [0.15, 0.2) is 16.9 Å². The number of aromatic amines is 1. The second kappa shape index (κ2) is 8.21. The van der Waals surface area contributed by atoms with Crippen molar-refractivity contribution in [3.05, 3.63) is 45.0 Å². The molecule has 0 unspecified atom stereocenters. The third-order valence-corrected chi connectivity index (χ3v) is 5.55. The van der Waals surface area contributed by atoms with Crippen LogP contribution in [0.4, 0.5) is 5.95 Å². The standard InChI is InChI=1S/C20H26N6O4/c1-3-4-5-8-26-15-16(23(2)20(29)22-17(15)27)21-19(26)25-11-9-24(10-12-25)18(28)14-7-6-13-30-14/h6-7,13H,3-5,8-12H2,1-2H3,(H,22,27,29). The van der Waals surface area contributed by atoms with Gasteiger partial charge in [0.05, 0.1) is 6.26 Å². The lowest BCUT2D eigenvalue weighted by Crippen LogP contribution is -2.49. The number of carbonyl (C=O) groups excluding carboxylic acids is 1. The third kappa shape index (κ3) is 3.53. The van der Waals surface area contributed by atoms with Crippen molar-refractivity contribution in [3.63, 3.8) is 0 Å². The number of unbranched alkanes of at least 4 members (excludes halogenated alkanes) is 2. The van der Waals surface area contributed by atoms with Crippen LogP contribution in [-0.2, 0) is 13.6 Å². The molecule has 30 heavy (non-hydrogen) atoms. The first-order chi connectivity index (χ1) is 14.5. The van der Waals surface area contributed by atoms with Crippen molar-refractivity contribution in [2.24, 2.45) is 7.05 Å². The molecule has 3 aromatic heterocycles. The van der Waals surface area contributed by atoms with Gasteiger partial charge in [-0.15, -0.1) is 0 Å². The van der Waals surface area contributed by atoms with Gasteiger partial charge in [0.1, 0.15) is 0 Å². The fraction of sp³-hybridized carbons (Fsp3) is 0.500. The van der Waals surface area contributed by atoms with Crippen LogP contribution in [0, 0.1) is 0 Å². The van der Waals surface area contributed by atoms with Crippen LogP contribution in [0.15, 0.2) is 32.4 Å². The predicted molar refractivity (Wildman–Crippen MR) is 112 cm³/mol. The summed E-state index contributed by atoms with van der Waals surface area (Å²) in [4.78, 5) is 48.0. The number of piperazine rings is 1. The average Bonchev–Trinajstić information content (AvgIpc) is 3.41. The topological polar surface area (TPSA) is 109 Å². The molecule has 0 aromatic carbocycles. The lowest BCUT2D eigenvalue weighted by molar-refractivity contribution is 0.0714. The Morgan fingerprint density at radius 3 is 2.63 bits per heavy atom. The van der Waals surface area contributed by atoms with Crippen LogP contribution in [0.2, 0.25) is 0 Å². The monoisotopic (exact) mass is 414 g/mol. The van der Waals surface area contributed by atoms with Gasteiger partial charge < -0.3 is 18.8 Å². The van der Waals surface area contributed by atoms with Crippen molar-refractivity contribution >= 4 is 23.0 Å². The van der Waals surface area contributed by atoms with Gasteiger partial charge >= 0.3 is 5.69 Å². The zero-order valence-corrected chi connectivity index (χ0v) is 17.3. The Morgan fingerprint density at radius 1 is 1.20 bits per heavy atom. The molecule has 0 aliphatic carbocycles. The van der Waals surface area contributed by atoms with Gasteiger partial charge in [-0.1, -0.05) is 19.8 Å². The molecule has 0 saturated carbocycles. The predicted octanol–water partition coefficient (Wildman–Crippen LogP) is 1.17. The van der Waals surface area contributed by atoms with Gasteiger partial charge in [-0.3, -0.25) is 19.1 Å². The molecule has 160 valence electrons. The zero-order valence-electron chi connectivity index (χ0n) is 17.3. The van der Waals surface area contributed by atoms with E-state index in [2.05, 4.69) is 21.8 Å². The summed E-state index contributed by atoms with van der Waals surface area (Å²) in [6, 6.07) is 3.36. The SMILES string of the molecule is CCCCCn1c(N2CCN(C(=O)c3ccco3)CC2)nc2c1c(=O)[nH]c(=O)n2C. The van der Waals surface area contributed by atoms with Gasteiger partial charge in [0.25, 0.3) is 11.5 Å². The number of furan rings is 1. The van der Waals surface area contributed by atoms with E-state index >= 15 is 0 Å². The van der Waals surface area contributed by atoms with Gasteiger partial charge in [-0.2, -0.15) is 4.98 Å². The fourth-order valence-corrected chi connectivity index (χ4v) is 3.86. The Hall–Kier alpha value is -3.30. The molecule has 4 rings (SSSR count). The summed E-state index contributed by atoms with van der Waals surface area (Å²) in [5, 5.41) is 0. The number of aryl methyl sites for hydroxylation is 2. The maximum absolute atomic E-state index is 12.6. The number of amides is 1. The van der Waals surface area contributed by atoms with Crippen LogP contribution in [0.3, 0.4) is 0 Å². The van der Waals surface area contributed by atoms with Crippen LogP contribution in [0.1, 0.15) is 36.7 Å². The fourth-order valence-electron chi connectivity index (χ4n) is 3.86. The lowest BCUT2D eigenvalue weighted by Gasteiger charge is -2.35. The first-order valence-electron chi connectivity index (χ1n) is 10.3. The number of aromatic nitrogens is 4. The highest BCUT2D eigenvalue weighted by molar-refractivity contribution is 5.91. The van der Waals surface area contributed by atoms with Crippen LogP contribution in [0.5, 0.6) is 0 Å². The first-order valence-corrected chi connectivity index (χ1v) is 10.3. The van der Waals surface area contributed by atoms with Gasteiger partial charge in [0, 0.05) is 39.8 Å². The van der Waals surface area contributed by atoms with Crippen molar-refractivity contribution in [1.29, 1.82) is 0 Å². The Balaban J connectivity index is 1.63. The average molecular weight is 414 g/mol. The molecular weight excluding hydrogens is 388 g/mol. The summed E-state index contributed by atoms with van der Waals surface area (Å²) < 4.78 is 8.50. The molecular formula is C20H26N6O4. The summed E-state index contributed by atoms with van der Waals surface area (Å²) in [6.45, 7) is 4.97. The van der Waals surface area contributed by atoms with Crippen LogP contribution in [0.25, 0.3) is 11.2 Å². The molecule has 1 fully saturated rings. The van der Waals surface area contributed by atoms with E-state index in [1.54, 1.807) is 24.1 Å².